The second kappa shape index (κ2) is 7.82. The van der Waals surface area contributed by atoms with E-state index < -0.39 is 0 Å². The number of aromatic nitrogens is 2. The number of carbonyl (C=O) groups is 1. The van der Waals surface area contributed by atoms with Gasteiger partial charge in [-0.2, -0.15) is 0 Å². The second-order valence-electron chi connectivity index (χ2n) is 6.09. The molecule has 3 aromatic rings. The van der Waals surface area contributed by atoms with Gasteiger partial charge in [-0.25, -0.2) is 9.97 Å². The molecule has 2 aromatic carbocycles. The summed E-state index contributed by atoms with van der Waals surface area (Å²) in [4.78, 5) is 21.2. The van der Waals surface area contributed by atoms with Crippen molar-refractivity contribution in [1.29, 1.82) is 0 Å². The zero-order valence-corrected chi connectivity index (χ0v) is 17.0. The van der Waals surface area contributed by atoms with E-state index in [0.29, 0.717) is 11.5 Å². The predicted molar refractivity (Wildman–Crippen MR) is 113 cm³/mol. The van der Waals surface area contributed by atoms with E-state index in [1.807, 2.05) is 57.2 Å². The number of hydrogen-bond acceptors (Lipinski definition) is 4. The number of carbonyl (C=O) groups excluding carboxylic acids is 1. The van der Waals surface area contributed by atoms with Crippen molar-refractivity contribution >= 4 is 45.8 Å². The molecular weight excluding hydrogens is 439 g/mol. The molecule has 1 heterocycles. The Labute approximate surface area is 166 Å². The number of halogens is 1. The standard InChI is InChI=1S/C20H19IN4O/c1-12-10-16(21)6-9-18(12)25-19(26)15-4-7-17(8-5-15)24-20-22-13(2)11-14(3)23-20/h4-11H,1-3H3,(H,25,26)(H,22,23,24). The Kier molecular flexibility index (Phi) is 5.51. The molecule has 0 saturated heterocycles. The second-order valence-corrected chi connectivity index (χ2v) is 7.34. The van der Waals surface area contributed by atoms with E-state index in [0.717, 1.165) is 31.9 Å². The molecule has 5 nitrogen and oxygen atoms in total. The van der Waals surface area contributed by atoms with Crippen molar-refractivity contribution < 1.29 is 4.79 Å². The summed E-state index contributed by atoms with van der Waals surface area (Å²) in [6.07, 6.45) is 0. The first-order chi connectivity index (χ1) is 12.4. The molecule has 0 radical (unpaired) electrons. The van der Waals surface area contributed by atoms with Crippen LogP contribution in [0, 0.1) is 24.3 Å². The smallest absolute Gasteiger partial charge is 0.255 e. The van der Waals surface area contributed by atoms with Crippen molar-refractivity contribution in [3.63, 3.8) is 0 Å². The van der Waals surface area contributed by atoms with Crippen molar-refractivity contribution in [2.24, 2.45) is 0 Å². The molecule has 0 spiro atoms. The van der Waals surface area contributed by atoms with Gasteiger partial charge in [-0.3, -0.25) is 4.79 Å². The van der Waals surface area contributed by atoms with Crippen molar-refractivity contribution in [3.8, 4) is 0 Å². The molecule has 0 bridgehead atoms. The average Bonchev–Trinajstić information content (AvgIpc) is 2.57. The molecule has 6 heteroatoms. The summed E-state index contributed by atoms with van der Waals surface area (Å²) in [5, 5.41) is 6.11. The van der Waals surface area contributed by atoms with Gasteiger partial charge in [-0.1, -0.05) is 0 Å². The first-order valence-corrected chi connectivity index (χ1v) is 9.25. The minimum absolute atomic E-state index is 0.136. The highest BCUT2D eigenvalue weighted by Crippen LogP contribution is 2.20. The van der Waals surface area contributed by atoms with E-state index in [2.05, 4.69) is 43.2 Å². The normalized spacial score (nSPS) is 10.5. The van der Waals surface area contributed by atoms with Crippen LogP contribution in [0.15, 0.2) is 48.5 Å². The van der Waals surface area contributed by atoms with Crippen LogP contribution in [0.1, 0.15) is 27.3 Å². The monoisotopic (exact) mass is 458 g/mol. The number of nitrogens with one attached hydrogen (secondary N) is 2. The fraction of sp³-hybridized carbons (Fsp3) is 0.150. The molecule has 132 valence electrons. The van der Waals surface area contributed by atoms with Gasteiger partial charge >= 0.3 is 0 Å². The van der Waals surface area contributed by atoms with E-state index in [1.54, 1.807) is 12.1 Å². The van der Waals surface area contributed by atoms with Gasteiger partial charge in [0.15, 0.2) is 0 Å². The van der Waals surface area contributed by atoms with Crippen LogP contribution in [-0.2, 0) is 0 Å². The fourth-order valence-electron chi connectivity index (χ4n) is 2.58. The molecule has 0 saturated carbocycles. The van der Waals surface area contributed by atoms with E-state index >= 15 is 0 Å². The predicted octanol–water partition coefficient (Wildman–Crippen LogP) is 5.00. The highest BCUT2D eigenvalue weighted by Gasteiger charge is 2.08. The van der Waals surface area contributed by atoms with Gasteiger partial charge in [0.25, 0.3) is 5.91 Å². The van der Waals surface area contributed by atoms with Crippen LogP contribution < -0.4 is 10.6 Å². The third kappa shape index (κ3) is 4.57. The Balaban J connectivity index is 1.71. The van der Waals surface area contributed by atoms with Gasteiger partial charge in [-0.05, 0) is 97.5 Å². The molecule has 0 aliphatic carbocycles. The lowest BCUT2D eigenvalue weighted by molar-refractivity contribution is 0.102. The molecule has 0 unspecified atom stereocenters. The molecule has 1 aromatic heterocycles. The molecule has 0 fully saturated rings. The van der Waals surface area contributed by atoms with Crippen LogP contribution in [-0.4, -0.2) is 15.9 Å². The van der Waals surface area contributed by atoms with Gasteiger partial charge in [-0.15, -0.1) is 0 Å². The summed E-state index contributed by atoms with van der Waals surface area (Å²) in [5.74, 6) is 0.415. The molecule has 0 atom stereocenters. The van der Waals surface area contributed by atoms with Gasteiger partial charge < -0.3 is 10.6 Å². The van der Waals surface area contributed by atoms with Gasteiger partial charge in [0, 0.05) is 31.9 Å². The molecule has 26 heavy (non-hydrogen) atoms. The number of nitrogens with zero attached hydrogens (tertiary/aromatic N) is 2. The van der Waals surface area contributed by atoms with E-state index in [-0.39, 0.29) is 5.91 Å². The summed E-state index contributed by atoms with van der Waals surface area (Å²) in [7, 11) is 0. The van der Waals surface area contributed by atoms with Crippen LogP contribution in [0.3, 0.4) is 0 Å². The molecule has 0 aliphatic heterocycles. The summed E-state index contributed by atoms with van der Waals surface area (Å²) in [5.41, 5.74) is 5.09. The van der Waals surface area contributed by atoms with Crippen molar-refractivity contribution in [2.45, 2.75) is 20.8 Å². The van der Waals surface area contributed by atoms with Crippen LogP contribution in [0.5, 0.6) is 0 Å². The maximum atomic E-state index is 12.5. The van der Waals surface area contributed by atoms with Crippen LogP contribution in [0.2, 0.25) is 0 Å². The van der Waals surface area contributed by atoms with Crippen LogP contribution in [0.4, 0.5) is 17.3 Å². The summed E-state index contributed by atoms with van der Waals surface area (Å²) >= 11 is 2.25. The quantitative estimate of drug-likeness (QED) is 0.540. The average molecular weight is 458 g/mol. The lowest BCUT2D eigenvalue weighted by Gasteiger charge is -2.10. The van der Waals surface area contributed by atoms with Crippen molar-refractivity contribution in [2.75, 3.05) is 10.6 Å². The SMILES string of the molecule is Cc1cc(C)nc(Nc2ccc(C(=O)Nc3ccc(I)cc3C)cc2)n1. The Morgan fingerprint density at radius 1 is 0.923 bits per heavy atom. The van der Waals surface area contributed by atoms with Crippen molar-refractivity contribution in [3.05, 3.63) is 74.6 Å². The Morgan fingerprint density at radius 2 is 1.58 bits per heavy atom. The van der Waals surface area contributed by atoms with Crippen molar-refractivity contribution in [1.82, 2.24) is 9.97 Å². The van der Waals surface area contributed by atoms with E-state index in [9.17, 15) is 4.79 Å². The molecule has 2 N–H and O–H groups in total. The molecule has 1 amide bonds. The fourth-order valence-corrected chi connectivity index (χ4v) is 3.22. The first-order valence-electron chi connectivity index (χ1n) is 8.17. The number of rotatable bonds is 4. The minimum atomic E-state index is -0.136. The first kappa shape index (κ1) is 18.3. The Hall–Kier alpha value is -2.48. The Morgan fingerprint density at radius 3 is 2.19 bits per heavy atom. The van der Waals surface area contributed by atoms with Gasteiger partial charge in [0.1, 0.15) is 0 Å². The third-order valence-corrected chi connectivity index (χ3v) is 4.49. The maximum absolute atomic E-state index is 12.5. The van der Waals surface area contributed by atoms with Gasteiger partial charge in [0.2, 0.25) is 5.95 Å². The van der Waals surface area contributed by atoms with Crippen LogP contribution in [0.25, 0.3) is 0 Å². The third-order valence-electron chi connectivity index (χ3n) is 3.82. The highest BCUT2D eigenvalue weighted by molar-refractivity contribution is 14.1. The highest BCUT2D eigenvalue weighted by atomic mass is 127. The lowest BCUT2D eigenvalue weighted by Crippen LogP contribution is -2.12. The zero-order valence-electron chi connectivity index (χ0n) is 14.8. The van der Waals surface area contributed by atoms with Crippen LogP contribution >= 0.6 is 22.6 Å². The maximum Gasteiger partial charge on any atom is 0.255 e. The lowest BCUT2D eigenvalue weighted by atomic mass is 10.1. The van der Waals surface area contributed by atoms with E-state index in [1.165, 1.54) is 0 Å². The van der Waals surface area contributed by atoms with Gasteiger partial charge in [0.05, 0.1) is 0 Å². The summed E-state index contributed by atoms with van der Waals surface area (Å²) in [6.45, 7) is 5.84. The zero-order chi connectivity index (χ0) is 18.7. The largest absolute Gasteiger partial charge is 0.324 e. The summed E-state index contributed by atoms with van der Waals surface area (Å²) < 4.78 is 1.14. The number of aryl methyl sites for hydroxylation is 3. The topological polar surface area (TPSA) is 66.9 Å². The molecule has 3 rings (SSSR count). The van der Waals surface area contributed by atoms with E-state index in [4.69, 9.17) is 0 Å². The number of hydrogen-bond donors (Lipinski definition) is 2. The molecule has 0 aliphatic rings. The number of amides is 1. The summed E-state index contributed by atoms with van der Waals surface area (Å²) in [6, 6.07) is 15.1. The molecular formula is C20H19IN4O. The number of anilines is 3. The Bertz CT molecular complexity index is 934. The minimum Gasteiger partial charge on any atom is -0.324 e. The number of benzene rings is 2.